The summed E-state index contributed by atoms with van der Waals surface area (Å²) in [5.41, 5.74) is 5.99. The summed E-state index contributed by atoms with van der Waals surface area (Å²) in [6, 6.07) is -0.182. The molecule has 2 saturated heterocycles. The van der Waals surface area contributed by atoms with Crippen LogP contribution in [0.15, 0.2) is 0 Å². The zero-order valence-electron chi connectivity index (χ0n) is 11.3. The standard InChI is InChI=1S/C13H23N3O2/c1-3-9(2)12(14)13(18)15-6-7-16-10(8-15)4-5-11(16)17/h9-10,12H,3-8,14H2,1-2H3/t9?,10?,12-/m0/s1. The van der Waals surface area contributed by atoms with Gasteiger partial charge in [-0.25, -0.2) is 0 Å². The van der Waals surface area contributed by atoms with E-state index < -0.39 is 6.04 Å². The summed E-state index contributed by atoms with van der Waals surface area (Å²) in [6.07, 6.45) is 2.42. The number of carbonyl (C=O) groups is 2. The Balaban J connectivity index is 1.95. The average Bonchev–Trinajstić information content (AvgIpc) is 2.77. The van der Waals surface area contributed by atoms with Crippen LogP contribution in [-0.2, 0) is 9.59 Å². The predicted molar refractivity (Wildman–Crippen MR) is 68.7 cm³/mol. The molecule has 0 spiro atoms. The molecule has 0 aliphatic carbocycles. The fourth-order valence-electron chi connectivity index (χ4n) is 2.77. The quantitative estimate of drug-likeness (QED) is 0.781. The Hall–Kier alpha value is -1.10. The van der Waals surface area contributed by atoms with Gasteiger partial charge in [-0.15, -0.1) is 0 Å². The van der Waals surface area contributed by atoms with Crippen molar-refractivity contribution in [2.75, 3.05) is 19.6 Å². The summed E-state index contributed by atoms with van der Waals surface area (Å²) in [7, 11) is 0. The Labute approximate surface area is 108 Å². The van der Waals surface area contributed by atoms with Gasteiger partial charge in [-0.3, -0.25) is 9.59 Å². The lowest BCUT2D eigenvalue weighted by Crippen LogP contribution is -2.57. The lowest BCUT2D eigenvalue weighted by Gasteiger charge is -2.39. The third kappa shape index (κ3) is 2.36. The number of piperazine rings is 1. The summed E-state index contributed by atoms with van der Waals surface area (Å²) in [5.74, 6) is 0.488. The van der Waals surface area contributed by atoms with Crippen LogP contribution in [-0.4, -0.2) is 53.3 Å². The molecule has 0 aromatic heterocycles. The highest BCUT2D eigenvalue weighted by molar-refractivity contribution is 5.83. The lowest BCUT2D eigenvalue weighted by atomic mass is 9.98. The fraction of sp³-hybridized carbons (Fsp3) is 0.846. The highest BCUT2D eigenvalue weighted by Gasteiger charge is 2.38. The smallest absolute Gasteiger partial charge is 0.239 e. The molecule has 2 aliphatic heterocycles. The first-order chi connectivity index (χ1) is 8.54. The van der Waals surface area contributed by atoms with Crippen molar-refractivity contribution in [3.8, 4) is 0 Å². The predicted octanol–water partition coefficient (Wildman–Crippen LogP) is 0.193. The van der Waals surface area contributed by atoms with Gasteiger partial charge in [0.25, 0.3) is 0 Å². The molecular weight excluding hydrogens is 230 g/mol. The van der Waals surface area contributed by atoms with Crippen LogP contribution in [0.1, 0.15) is 33.1 Å². The summed E-state index contributed by atoms with van der Waals surface area (Å²) in [5, 5.41) is 0. The third-order valence-corrected chi connectivity index (χ3v) is 4.35. The van der Waals surface area contributed by atoms with Crippen LogP contribution in [0.5, 0.6) is 0 Å². The summed E-state index contributed by atoms with van der Waals surface area (Å²) >= 11 is 0. The number of rotatable bonds is 3. The van der Waals surface area contributed by atoms with Crippen LogP contribution in [0.25, 0.3) is 0 Å². The SMILES string of the molecule is CCC(C)[C@H](N)C(=O)N1CCN2C(=O)CCC2C1. The van der Waals surface area contributed by atoms with Gasteiger partial charge in [0.1, 0.15) is 0 Å². The summed E-state index contributed by atoms with van der Waals surface area (Å²) in [6.45, 7) is 6.02. The molecule has 2 amide bonds. The second-order valence-electron chi connectivity index (χ2n) is 5.48. The zero-order valence-corrected chi connectivity index (χ0v) is 11.3. The average molecular weight is 253 g/mol. The second kappa shape index (κ2) is 5.26. The summed E-state index contributed by atoms with van der Waals surface area (Å²) < 4.78 is 0. The topological polar surface area (TPSA) is 66.6 Å². The van der Waals surface area contributed by atoms with Crippen LogP contribution < -0.4 is 5.73 Å². The molecule has 0 aromatic carbocycles. The number of carbonyl (C=O) groups excluding carboxylic acids is 2. The molecule has 5 nitrogen and oxygen atoms in total. The van der Waals surface area contributed by atoms with Gasteiger partial charge in [0.15, 0.2) is 0 Å². The molecule has 0 bridgehead atoms. The van der Waals surface area contributed by atoms with E-state index in [1.807, 2.05) is 23.6 Å². The van der Waals surface area contributed by atoms with Gasteiger partial charge < -0.3 is 15.5 Å². The number of hydrogen-bond donors (Lipinski definition) is 1. The minimum absolute atomic E-state index is 0.0448. The van der Waals surface area contributed by atoms with Gasteiger partial charge in [-0.05, 0) is 12.3 Å². The van der Waals surface area contributed by atoms with Gasteiger partial charge >= 0.3 is 0 Å². The van der Waals surface area contributed by atoms with Gasteiger partial charge in [-0.2, -0.15) is 0 Å². The first-order valence-corrected chi connectivity index (χ1v) is 6.88. The van der Waals surface area contributed by atoms with Crippen molar-refractivity contribution in [1.82, 2.24) is 9.80 Å². The summed E-state index contributed by atoms with van der Waals surface area (Å²) in [4.78, 5) is 27.6. The molecule has 18 heavy (non-hydrogen) atoms. The van der Waals surface area contributed by atoms with Crippen LogP contribution in [0, 0.1) is 5.92 Å². The molecule has 102 valence electrons. The largest absolute Gasteiger partial charge is 0.338 e. The first-order valence-electron chi connectivity index (χ1n) is 6.88. The molecule has 2 aliphatic rings. The zero-order chi connectivity index (χ0) is 13.3. The first kappa shape index (κ1) is 13.3. The molecule has 3 atom stereocenters. The Morgan fingerprint density at radius 2 is 2.22 bits per heavy atom. The van der Waals surface area contributed by atoms with Crippen molar-refractivity contribution in [2.24, 2.45) is 11.7 Å². The molecule has 2 unspecified atom stereocenters. The van der Waals surface area contributed by atoms with Crippen molar-refractivity contribution < 1.29 is 9.59 Å². The molecule has 2 rings (SSSR count). The van der Waals surface area contributed by atoms with Gasteiger partial charge in [0.2, 0.25) is 11.8 Å². The number of nitrogens with zero attached hydrogens (tertiary/aromatic N) is 2. The van der Waals surface area contributed by atoms with E-state index in [1.54, 1.807) is 0 Å². The van der Waals surface area contributed by atoms with E-state index >= 15 is 0 Å². The van der Waals surface area contributed by atoms with E-state index in [0.717, 1.165) is 12.8 Å². The normalized spacial score (nSPS) is 27.1. The number of nitrogens with two attached hydrogens (primary N) is 1. The molecule has 0 aromatic rings. The molecule has 0 saturated carbocycles. The number of amides is 2. The highest BCUT2D eigenvalue weighted by atomic mass is 16.2. The minimum Gasteiger partial charge on any atom is -0.338 e. The molecule has 5 heteroatoms. The van der Waals surface area contributed by atoms with Crippen LogP contribution in [0.2, 0.25) is 0 Å². The molecule has 2 heterocycles. The van der Waals surface area contributed by atoms with E-state index in [2.05, 4.69) is 0 Å². The van der Waals surface area contributed by atoms with Crippen LogP contribution in [0.4, 0.5) is 0 Å². The van der Waals surface area contributed by atoms with E-state index in [-0.39, 0.29) is 23.8 Å². The van der Waals surface area contributed by atoms with Crippen molar-refractivity contribution in [1.29, 1.82) is 0 Å². The van der Waals surface area contributed by atoms with Gasteiger partial charge in [-0.1, -0.05) is 20.3 Å². The van der Waals surface area contributed by atoms with Crippen molar-refractivity contribution in [2.45, 2.75) is 45.2 Å². The Morgan fingerprint density at radius 1 is 1.50 bits per heavy atom. The van der Waals surface area contributed by atoms with Crippen molar-refractivity contribution >= 4 is 11.8 Å². The molecular formula is C13H23N3O2. The lowest BCUT2D eigenvalue weighted by molar-refractivity contribution is -0.140. The van der Waals surface area contributed by atoms with Crippen molar-refractivity contribution in [3.05, 3.63) is 0 Å². The molecule has 0 radical (unpaired) electrons. The number of fused-ring (bicyclic) bond motifs is 1. The van der Waals surface area contributed by atoms with Gasteiger partial charge in [0.05, 0.1) is 6.04 Å². The van der Waals surface area contributed by atoms with Crippen molar-refractivity contribution in [3.63, 3.8) is 0 Å². The highest BCUT2D eigenvalue weighted by Crippen LogP contribution is 2.23. The second-order valence-corrected chi connectivity index (χ2v) is 5.48. The Bertz CT molecular complexity index is 345. The Kier molecular flexibility index (Phi) is 3.90. The molecule has 2 N–H and O–H groups in total. The maximum absolute atomic E-state index is 12.3. The van der Waals surface area contributed by atoms with Gasteiger partial charge in [0, 0.05) is 32.1 Å². The fourth-order valence-corrected chi connectivity index (χ4v) is 2.77. The number of hydrogen-bond acceptors (Lipinski definition) is 3. The molecule has 2 fully saturated rings. The van der Waals surface area contributed by atoms with Crippen LogP contribution in [0.3, 0.4) is 0 Å². The van der Waals surface area contributed by atoms with E-state index in [0.29, 0.717) is 26.1 Å². The maximum Gasteiger partial charge on any atom is 0.239 e. The monoisotopic (exact) mass is 253 g/mol. The van der Waals surface area contributed by atoms with E-state index in [1.165, 1.54) is 0 Å². The van der Waals surface area contributed by atoms with E-state index in [9.17, 15) is 9.59 Å². The Morgan fingerprint density at radius 3 is 2.89 bits per heavy atom. The maximum atomic E-state index is 12.3. The van der Waals surface area contributed by atoms with Crippen LogP contribution >= 0.6 is 0 Å². The third-order valence-electron chi connectivity index (χ3n) is 4.35. The minimum atomic E-state index is -0.404. The van der Waals surface area contributed by atoms with E-state index in [4.69, 9.17) is 5.73 Å².